The maximum Gasteiger partial charge on any atom is 0.109 e. The molecule has 1 aliphatic heterocycles. The number of piperidine rings is 1. The van der Waals surface area contributed by atoms with Crippen LogP contribution in [0.15, 0.2) is 60.8 Å². The molecule has 152 valence electrons. The molecule has 31 heavy (non-hydrogen) atoms. The minimum atomic E-state index is 0.661. The lowest BCUT2D eigenvalue weighted by molar-refractivity contribution is 0.494. The lowest BCUT2D eigenvalue weighted by Crippen LogP contribution is -2.17. The molecule has 0 amide bonds. The molecule has 1 saturated heterocycles. The first-order chi connectivity index (χ1) is 15.2. The van der Waals surface area contributed by atoms with Crippen molar-refractivity contribution < 1.29 is 0 Å². The van der Waals surface area contributed by atoms with Crippen LogP contribution in [0.3, 0.4) is 0 Å². The molecule has 5 nitrogen and oxygen atoms in total. The molecule has 2 aromatic heterocycles. The van der Waals surface area contributed by atoms with Crippen molar-refractivity contribution in [1.82, 2.24) is 20.1 Å². The first-order valence-electron chi connectivity index (χ1n) is 10.9. The molecule has 0 bridgehead atoms. The summed E-state index contributed by atoms with van der Waals surface area (Å²) < 4.78 is 2.14. The summed E-state index contributed by atoms with van der Waals surface area (Å²) in [6, 6.07) is 20.7. The van der Waals surface area contributed by atoms with Crippen LogP contribution < -0.4 is 5.32 Å². The largest absolute Gasteiger partial charge is 0.316 e. The topological polar surface area (TPSA) is 66.5 Å². The maximum atomic E-state index is 9.19. The standard InChI is InChI=1S/C26H23N5/c1-16-2-6-19(7-3-16)26-20(18-8-4-17(11-27)5-9-18)10-25-24(30-26)14-29-31(25)15-23-21-12-28-13-22(21)23/h2-10,14,21-23,28H,12-13,15H2,1H3. The van der Waals surface area contributed by atoms with E-state index in [2.05, 4.69) is 53.3 Å². The molecule has 2 atom stereocenters. The van der Waals surface area contributed by atoms with Crippen molar-refractivity contribution in [2.45, 2.75) is 13.5 Å². The Labute approximate surface area is 181 Å². The maximum absolute atomic E-state index is 9.19. The average Bonchev–Trinajstić information content (AvgIpc) is 3.12. The lowest BCUT2D eigenvalue weighted by atomic mass is 9.97. The van der Waals surface area contributed by atoms with E-state index in [0.29, 0.717) is 5.56 Å². The van der Waals surface area contributed by atoms with Crippen LogP contribution in [0.1, 0.15) is 11.1 Å². The Kier molecular flexibility index (Phi) is 4.15. The van der Waals surface area contributed by atoms with E-state index in [9.17, 15) is 5.26 Å². The van der Waals surface area contributed by atoms with Crippen LogP contribution in [-0.4, -0.2) is 27.9 Å². The Balaban J connectivity index is 1.47. The molecular weight excluding hydrogens is 382 g/mol. The fourth-order valence-electron chi connectivity index (χ4n) is 5.04. The van der Waals surface area contributed by atoms with Crippen LogP contribution in [-0.2, 0) is 6.54 Å². The Hall–Kier alpha value is -3.49. The van der Waals surface area contributed by atoms with E-state index >= 15 is 0 Å². The number of benzene rings is 2. The number of nitriles is 1. The van der Waals surface area contributed by atoms with E-state index in [1.165, 1.54) is 5.56 Å². The normalized spacial score (nSPS) is 21.7. The van der Waals surface area contributed by atoms with Gasteiger partial charge in [-0.3, -0.25) is 4.68 Å². The number of aromatic nitrogens is 3. The lowest BCUT2D eigenvalue weighted by Gasteiger charge is -2.12. The number of hydrogen-bond donors (Lipinski definition) is 1. The molecule has 2 aliphatic rings. The smallest absolute Gasteiger partial charge is 0.109 e. The van der Waals surface area contributed by atoms with Gasteiger partial charge in [0.1, 0.15) is 5.52 Å². The van der Waals surface area contributed by atoms with Gasteiger partial charge in [-0.05, 0) is 61.5 Å². The molecule has 0 radical (unpaired) electrons. The highest BCUT2D eigenvalue weighted by atomic mass is 15.3. The molecule has 2 fully saturated rings. The fraction of sp³-hybridized carbons (Fsp3) is 0.269. The van der Waals surface area contributed by atoms with Crippen LogP contribution in [0.5, 0.6) is 0 Å². The van der Waals surface area contributed by atoms with Gasteiger partial charge < -0.3 is 5.32 Å². The van der Waals surface area contributed by atoms with Gasteiger partial charge in [-0.25, -0.2) is 4.98 Å². The molecular formula is C26H23N5. The van der Waals surface area contributed by atoms with E-state index in [1.807, 2.05) is 30.5 Å². The summed E-state index contributed by atoms with van der Waals surface area (Å²) in [6.45, 7) is 5.33. The Morgan fingerprint density at radius 1 is 1.03 bits per heavy atom. The third kappa shape index (κ3) is 3.11. The highest BCUT2D eigenvalue weighted by Crippen LogP contribution is 2.49. The molecule has 6 rings (SSSR count). The van der Waals surface area contributed by atoms with Gasteiger partial charge in [0.15, 0.2) is 0 Å². The third-order valence-corrected chi connectivity index (χ3v) is 6.93. The Morgan fingerprint density at radius 2 is 1.74 bits per heavy atom. The summed E-state index contributed by atoms with van der Waals surface area (Å²) in [7, 11) is 0. The second-order valence-corrected chi connectivity index (χ2v) is 8.82. The van der Waals surface area contributed by atoms with E-state index in [-0.39, 0.29) is 0 Å². The Bertz CT molecular complexity index is 1300. The monoisotopic (exact) mass is 405 g/mol. The van der Waals surface area contributed by atoms with Crippen molar-refractivity contribution in [2.75, 3.05) is 13.1 Å². The molecule has 1 saturated carbocycles. The summed E-state index contributed by atoms with van der Waals surface area (Å²) >= 11 is 0. The van der Waals surface area contributed by atoms with Gasteiger partial charge in [0.2, 0.25) is 0 Å². The summed E-state index contributed by atoms with van der Waals surface area (Å²) in [4.78, 5) is 5.05. The molecule has 3 heterocycles. The van der Waals surface area contributed by atoms with Crippen molar-refractivity contribution >= 4 is 11.0 Å². The van der Waals surface area contributed by atoms with Gasteiger partial charge >= 0.3 is 0 Å². The van der Waals surface area contributed by atoms with Crippen molar-refractivity contribution in [3.8, 4) is 28.5 Å². The summed E-state index contributed by atoms with van der Waals surface area (Å²) in [5.41, 5.74) is 8.05. The van der Waals surface area contributed by atoms with Gasteiger partial charge in [-0.15, -0.1) is 0 Å². The SMILES string of the molecule is Cc1ccc(-c2nc3cnn(CC4C5CNCC54)c3cc2-c2ccc(C#N)cc2)cc1. The molecule has 5 heteroatoms. The highest BCUT2D eigenvalue weighted by Gasteiger charge is 2.52. The van der Waals surface area contributed by atoms with Crippen molar-refractivity contribution in [1.29, 1.82) is 5.26 Å². The minimum absolute atomic E-state index is 0.661. The van der Waals surface area contributed by atoms with Crippen LogP contribution >= 0.6 is 0 Å². The van der Waals surface area contributed by atoms with Gasteiger partial charge in [-0.2, -0.15) is 10.4 Å². The molecule has 0 spiro atoms. The number of aryl methyl sites for hydroxylation is 1. The quantitative estimate of drug-likeness (QED) is 0.546. The molecule has 1 aliphatic carbocycles. The average molecular weight is 406 g/mol. The van der Waals surface area contributed by atoms with E-state index < -0.39 is 0 Å². The van der Waals surface area contributed by atoms with Gasteiger partial charge in [0, 0.05) is 17.7 Å². The van der Waals surface area contributed by atoms with Gasteiger partial charge in [-0.1, -0.05) is 42.0 Å². The number of hydrogen-bond acceptors (Lipinski definition) is 4. The zero-order chi connectivity index (χ0) is 20.9. The summed E-state index contributed by atoms with van der Waals surface area (Å²) in [5, 5.41) is 17.4. The van der Waals surface area contributed by atoms with Crippen molar-refractivity contribution in [2.24, 2.45) is 17.8 Å². The zero-order valence-corrected chi connectivity index (χ0v) is 17.4. The highest BCUT2D eigenvalue weighted by molar-refractivity contribution is 5.90. The van der Waals surface area contributed by atoms with Crippen molar-refractivity contribution in [3.63, 3.8) is 0 Å². The van der Waals surface area contributed by atoms with Crippen molar-refractivity contribution in [3.05, 3.63) is 71.9 Å². The zero-order valence-electron chi connectivity index (χ0n) is 17.4. The van der Waals surface area contributed by atoms with E-state index in [0.717, 1.165) is 70.8 Å². The molecule has 4 aromatic rings. The van der Waals surface area contributed by atoms with E-state index in [4.69, 9.17) is 10.1 Å². The van der Waals surface area contributed by atoms with Crippen LogP contribution in [0.2, 0.25) is 0 Å². The molecule has 1 N–H and O–H groups in total. The molecule has 2 unspecified atom stereocenters. The number of pyridine rings is 1. The Morgan fingerprint density at radius 3 is 2.45 bits per heavy atom. The number of fused-ring (bicyclic) bond motifs is 2. The van der Waals surface area contributed by atoms with Crippen LogP contribution in [0.25, 0.3) is 33.4 Å². The molecule has 2 aromatic carbocycles. The number of rotatable bonds is 4. The summed E-state index contributed by atoms with van der Waals surface area (Å²) in [5.74, 6) is 2.33. The number of nitrogens with one attached hydrogen (secondary N) is 1. The second kappa shape index (κ2) is 7.04. The fourth-order valence-corrected chi connectivity index (χ4v) is 5.04. The van der Waals surface area contributed by atoms with E-state index in [1.54, 1.807) is 0 Å². The third-order valence-electron chi connectivity index (χ3n) is 6.93. The predicted molar refractivity (Wildman–Crippen MR) is 121 cm³/mol. The number of nitrogens with zero attached hydrogens (tertiary/aromatic N) is 4. The van der Waals surface area contributed by atoms with Crippen LogP contribution in [0, 0.1) is 36.0 Å². The summed E-state index contributed by atoms with van der Waals surface area (Å²) in [6.07, 6.45) is 1.89. The van der Waals surface area contributed by atoms with Gasteiger partial charge in [0.25, 0.3) is 0 Å². The first kappa shape index (κ1) is 18.3. The van der Waals surface area contributed by atoms with Crippen LogP contribution in [0.4, 0.5) is 0 Å². The van der Waals surface area contributed by atoms with Gasteiger partial charge in [0.05, 0.1) is 29.0 Å². The first-order valence-corrected chi connectivity index (χ1v) is 10.9. The predicted octanol–water partition coefficient (Wildman–Crippen LogP) is 4.41. The minimum Gasteiger partial charge on any atom is -0.316 e. The second-order valence-electron chi connectivity index (χ2n) is 8.82.